The highest BCUT2D eigenvalue weighted by Gasteiger charge is 2.08. The molecule has 0 saturated carbocycles. The summed E-state index contributed by atoms with van der Waals surface area (Å²) in [6.45, 7) is -0.267. The van der Waals surface area contributed by atoms with Crippen LogP contribution in [0.15, 0.2) is 48.5 Å². The molecule has 2 amide bonds. The van der Waals surface area contributed by atoms with Crippen molar-refractivity contribution in [2.75, 3.05) is 11.9 Å². The van der Waals surface area contributed by atoms with Gasteiger partial charge < -0.3 is 10.6 Å². The van der Waals surface area contributed by atoms with Crippen LogP contribution in [0.5, 0.6) is 0 Å². The molecule has 6 nitrogen and oxygen atoms in total. The van der Waals surface area contributed by atoms with Crippen LogP contribution in [-0.4, -0.2) is 23.5 Å². The van der Waals surface area contributed by atoms with Gasteiger partial charge in [0.05, 0.1) is 12.2 Å². The zero-order chi connectivity index (χ0) is 18.2. The van der Waals surface area contributed by atoms with Crippen LogP contribution in [0.3, 0.4) is 0 Å². The SMILES string of the molecule is O=C(CNC(=O)c1ccc(Cl)cc1)NNC(=S)Nc1ccccc1F. The molecule has 0 unspecified atom stereocenters. The number of hydrazine groups is 1. The molecule has 0 aliphatic carbocycles. The van der Waals surface area contributed by atoms with Gasteiger partial charge in [0, 0.05) is 10.6 Å². The van der Waals surface area contributed by atoms with Crippen LogP contribution in [0.25, 0.3) is 0 Å². The predicted octanol–water partition coefficient (Wildman–Crippen LogP) is 2.23. The Kier molecular flexibility index (Phi) is 6.67. The number of nitrogens with one attached hydrogen (secondary N) is 4. The van der Waals surface area contributed by atoms with E-state index in [9.17, 15) is 14.0 Å². The quantitative estimate of drug-likeness (QED) is 0.483. The van der Waals surface area contributed by atoms with E-state index in [1.54, 1.807) is 36.4 Å². The lowest BCUT2D eigenvalue weighted by molar-refractivity contribution is -0.120. The number of benzene rings is 2. The van der Waals surface area contributed by atoms with E-state index in [4.69, 9.17) is 23.8 Å². The summed E-state index contributed by atoms with van der Waals surface area (Å²) in [4.78, 5) is 23.5. The smallest absolute Gasteiger partial charge is 0.257 e. The number of anilines is 1. The fourth-order valence-electron chi connectivity index (χ4n) is 1.75. The molecule has 25 heavy (non-hydrogen) atoms. The van der Waals surface area contributed by atoms with Gasteiger partial charge in [0.1, 0.15) is 5.82 Å². The number of hydrogen-bond donors (Lipinski definition) is 4. The summed E-state index contributed by atoms with van der Waals surface area (Å²) in [6.07, 6.45) is 0. The molecule has 0 atom stereocenters. The number of thiocarbonyl (C=S) groups is 1. The van der Waals surface area contributed by atoms with Gasteiger partial charge in [-0.15, -0.1) is 0 Å². The van der Waals surface area contributed by atoms with Crippen molar-refractivity contribution in [1.82, 2.24) is 16.2 Å². The Morgan fingerprint density at radius 1 is 1.04 bits per heavy atom. The van der Waals surface area contributed by atoms with Gasteiger partial charge in [-0.2, -0.15) is 0 Å². The van der Waals surface area contributed by atoms with Gasteiger partial charge in [-0.3, -0.25) is 20.4 Å². The highest BCUT2D eigenvalue weighted by molar-refractivity contribution is 7.80. The maximum atomic E-state index is 13.5. The van der Waals surface area contributed by atoms with E-state index in [2.05, 4.69) is 21.5 Å². The maximum Gasteiger partial charge on any atom is 0.257 e. The van der Waals surface area contributed by atoms with Crippen LogP contribution in [0.1, 0.15) is 10.4 Å². The first kappa shape index (κ1) is 18.6. The molecule has 130 valence electrons. The van der Waals surface area contributed by atoms with E-state index >= 15 is 0 Å². The van der Waals surface area contributed by atoms with Gasteiger partial charge in [-0.1, -0.05) is 23.7 Å². The average Bonchev–Trinajstić information content (AvgIpc) is 2.60. The first-order valence-electron chi connectivity index (χ1n) is 7.10. The zero-order valence-electron chi connectivity index (χ0n) is 12.8. The minimum atomic E-state index is -0.528. The second-order valence-electron chi connectivity index (χ2n) is 4.80. The Hall–Kier alpha value is -2.71. The van der Waals surface area contributed by atoms with Crippen LogP contribution in [0, 0.1) is 5.82 Å². The molecular formula is C16H14ClFN4O2S. The third-order valence-corrected chi connectivity index (χ3v) is 3.41. The molecule has 0 heterocycles. The van der Waals surface area contributed by atoms with Crippen molar-refractivity contribution in [2.45, 2.75) is 0 Å². The standard InChI is InChI=1S/C16H14ClFN4O2S/c17-11-7-5-10(6-8-11)15(24)19-9-14(23)21-22-16(25)20-13-4-2-1-3-12(13)18/h1-8H,9H2,(H,19,24)(H,21,23)(H2,20,22,25). The third-order valence-electron chi connectivity index (χ3n) is 2.95. The van der Waals surface area contributed by atoms with Crippen molar-refractivity contribution in [1.29, 1.82) is 0 Å². The Bertz CT molecular complexity index is 786. The molecule has 9 heteroatoms. The van der Waals surface area contributed by atoms with Gasteiger partial charge in [0.15, 0.2) is 5.11 Å². The number of hydrogen-bond acceptors (Lipinski definition) is 3. The number of carbonyl (C=O) groups excluding carboxylic acids is 2. The van der Waals surface area contributed by atoms with Crippen LogP contribution in [0.2, 0.25) is 5.02 Å². The van der Waals surface area contributed by atoms with Crippen LogP contribution in [-0.2, 0) is 4.79 Å². The minimum absolute atomic E-state index is 0.00229. The number of para-hydroxylation sites is 1. The lowest BCUT2D eigenvalue weighted by Gasteiger charge is -2.12. The summed E-state index contributed by atoms with van der Waals surface area (Å²) in [5, 5.41) is 5.55. The molecule has 0 fully saturated rings. The van der Waals surface area contributed by atoms with Crippen molar-refractivity contribution in [3.8, 4) is 0 Å². The van der Waals surface area contributed by atoms with Crippen LogP contribution >= 0.6 is 23.8 Å². The van der Waals surface area contributed by atoms with E-state index in [-0.39, 0.29) is 17.3 Å². The zero-order valence-corrected chi connectivity index (χ0v) is 14.4. The molecule has 2 aromatic carbocycles. The monoisotopic (exact) mass is 380 g/mol. The summed E-state index contributed by atoms with van der Waals surface area (Å²) in [5.41, 5.74) is 5.25. The molecule has 0 radical (unpaired) electrons. The summed E-state index contributed by atoms with van der Waals surface area (Å²) >= 11 is 10.7. The fraction of sp³-hybridized carbons (Fsp3) is 0.0625. The summed E-state index contributed by atoms with van der Waals surface area (Å²) < 4.78 is 13.5. The van der Waals surface area contributed by atoms with Crippen molar-refractivity contribution < 1.29 is 14.0 Å². The first-order chi connectivity index (χ1) is 12.0. The van der Waals surface area contributed by atoms with E-state index in [0.717, 1.165) is 0 Å². The molecular weight excluding hydrogens is 367 g/mol. The molecule has 2 rings (SSSR count). The molecule has 4 N–H and O–H groups in total. The van der Waals surface area contributed by atoms with Crippen molar-refractivity contribution in [3.63, 3.8) is 0 Å². The molecule has 0 aliphatic heterocycles. The normalized spacial score (nSPS) is 9.84. The van der Waals surface area contributed by atoms with Crippen LogP contribution < -0.4 is 21.5 Å². The van der Waals surface area contributed by atoms with Gasteiger partial charge in [-0.05, 0) is 48.6 Å². The Labute approximate surface area is 153 Å². The minimum Gasteiger partial charge on any atom is -0.343 e. The molecule has 0 aliphatic rings. The fourth-order valence-corrected chi connectivity index (χ4v) is 2.04. The molecule has 0 bridgehead atoms. The Balaban J connectivity index is 1.73. The highest BCUT2D eigenvalue weighted by atomic mass is 35.5. The topological polar surface area (TPSA) is 82.3 Å². The number of amides is 2. The van der Waals surface area contributed by atoms with E-state index in [1.807, 2.05) is 0 Å². The van der Waals surface area contributed by atoms with Crippen molar-refractivity contribution in [2.24, 2.45) is 0 Å². The second kappa shape index (κ2) is 8.95. The lowest BCUT2D eigenvalue weighted by Crippen LogP contribution is -2.47. The molecule has 2 aromatic rings. The van der Waals surface area contributed by atoms with E-state index in [1.165, 1.54) is 12.1 Å². The Morgan fingerprint density at radius 2 is 1.72 bits per heavy atom. The first-order valence-corrected chi connectivity index (χ1v) is 7.88. The summed E-state index contributed by atoms with van der Waals surface area (Å²) in [6, 6.07) is 12.2. The number of rotatable bonds is 4. The van der Waals surface area contributed by atoms with Gasteiger partial charge in [0.25, 0.3) is 11.8 Å². The van der Waals surface area contributed by atoms with E-state index < -0.39 is 17.6 Å². The van der Waals surface area contributed by atoms with Crippen molar-refractivity contribution >= 4 is 46.4 Å². The number of halogens is 2. The average molecular weight is 381 g/mol. The largest absolute Gasteiger partial charge is 0.343 e. The lowest BCUT2D eigenvalue weighted by atomic mass is 10.2. The molecule has 0 aromatic heterocycles. The Morgan fingerprint density at radius 3 is 2.40 bits per heavy atom. The molecule has 0 spiro atoms. The van der Waals surface area contributed by atoms with Gasteiger partial charge >= 0.3 is 0 Å². The third kappa shape index (κ3) is 6.02. The van der Waals surface area contributed by atoms with Crippen LogP contribution in [0.4, 0.5) is 10.1 Å². The summed E-state index contributed by atoms with van der Waals surface area (Å²) in [7, 11) is 0. The van der Waals surface area contributed by atoms with E-state index in [0.29, 0.717) is 10.6 Å². The predicted molar refractivity (Wildman–Crippen MR) is 97.7 cm³/mol. The van der Waals surface area contributed by atoms with Crippen molar-refractivity contribution in [3.05, 3.63) is 64.9 Å². The second-order valence-corrected chi connectivity index (χ2v) is 5.64. The number of carbonyl (C=O) groups is 2. The maximum absolute atomic E-state index is 13.5. The summed E-state index contributed by atoms with van der Waals surface area (Å²) in [5.74, 6) is -1.42. The highest BCUT2D eigenvalue weighted by Crippen LogP contribution is 2.11. The molecule has 0 saturated heterocycles. The van der Waals surface area contributed by atoms with Gasteiger partial charge in [-0.25, -0.2) is 4.39 Å². The van der Waals surface area contributed by atoms with Gasteiger partial charge in [0.2, 0.25) is 0 Å².